The Hall–Kier alpha value is -2.33. The summed E-state index contributed by atoms with van der Waals surface area (Å²) in [6, 6.07) is 29.6. The van der Waals surface area contributed by atoms with Gasteiger partial charge in [0.25, 0.3) is 5.79 Å². The molecule has 3 aromatic rings. The first kappa shape index (κ1) is 28.8. The Morgan fingerprint density at radius 1 is 0.707 bits per heavy atom. The number of benzene rings is 3. The van der Waals surface area contributed by atoms with Gasteiger partial charge in [0.2, 0.25) is 5.79 Å². The van der Waals surface area contributed by atoms with E-state index >= 15 is 0 Å². The van der Waals surface area contributed by atoms with Gasteiger partial charge in [-0.25, -0.2) is 4.79 Å². The second-order valence-corrected chi connectivity index (χ2v) is 13.0. The van der Waals surface area contributed by atoms with E-state index in [1.165, 1.54) is 9.79 Å². The number of carbonyl (C=O) groups excluding carboxylic acids is 1. The number of esters is 1. The number of thioether (sulfide) groups is 2. The monoisotopic (exact) mass is 592 g/mol. The quantitative estimate of drug-likeness (QED) is 0.227. The minimum absolute atomic E-state index is 0.125. The van der Waals surface area contributed by atoms with E-state index in [0.717, 1.165) is 37.2 Å². The number of aliphatic hydroxyl groups is 1. The molecular formula is C33H36O6S2. The Morgan fingerprint density at radius 3 is 1.76 bits per heavy atom. The number of ether oxygens (including phenoxy) is 4. The van der Waals surface area contributed by atoms with Crippen LogP contribution in [0.25, 0.3) is 0 Å². The third-order valence-corrected chi connectivity index (χ3v) is 10.2. The first-order valence-electron chi connectivity index (χ1n) is 14.4. The van der Waals surface area contributed by atoms with Crippen molar-refractivity contribution < 1.29 is 28.8 Å². The average molecular weight is 593 g/mol. The Balaban J connectivity index is 1.26. The van der Waals surface area contributed by atoms with Crippen LogP contribution in [-0.2, 0) is 23.7 Å². The second-order valence-electron chi connectivity index (χ2n) is 10.8. The predicted octanol–water partition coefficient (Wildman–Crippen LogP) is 6.78. The van der Waals surface area contributed by atoms with Gasteiger partial charge in [0.05, 0.1) is 12.2 Å². The van der Waals surface area contributed by atoms with Crippen LogP contribution in [0.15, 0.2) is 101 Å². The summed E-state index contributed by atoms with van der Waals surface area (Å²) in [5.41, 5.74) is 0.592. The molecule has 1 N–H and O–H groups in total. The zero-order valence-electron chi connectivity index (χ0n) is 22.9. The van der Waals surface area contributed by atoms with Gasteiger partial charge in [-0.15, -0.1) is 23.5 Å². The van der Waals surface area contributed by atoms with Crippen LogP contribution in [0.2, 0.25) is 0 Å². The van der Waals surface area contributed by atoms with Crippen LogP contribution in [0.3, 0.4) is 0 Å². The van der Waals surface area contributed by atoms with E-state index in [9.17, 15) is 9.90 Å². The number of rotatable bonds is 8. The minimum Gasteiger partial charge on any atom is -0.425 e. The summed E-state index contributed by atoms with van der Waals surface area (Å²) in [7, 11) is 0. The van der Waals surface area contributed by atoms with E-state index < -0.39 is 29.8 Å². The van der Waals surface area contributed by atoms with E-state index in [1.807, 2.05) is 54.6 Å². The summed E-state index contributed by atoms with van der Waals surface area (Å²) in [6.45, 7) is 0. The SMILES string of the molecule is O=C1O[C@]2(CCC[C@H](CSc3ccccc3)O2)[C@@]2(CCC[C@H](CSc3ccccc3)O2)O[C@H]1[C@@H](O)c1ccccc1. The van der Waals surface area contributed by atoms with Gasteiger partial charge in [0.1, 0.15) is 6.10 Å². The molecule has 41 heavy (non-hydrogen) atoms. The van der Waals surface area contributed by atoms with Crippen molar-refractivity contribution in [3.8, 4) is 0 Å². The van der Waals surface area contributed by atoms with Gasteiger partial charge in [0, 0.05) is 34.1 Å². The highest BCUT2D eigenvalue weighted by Crippen LogP contribution is 2.52. The summed E-state index contributed by atoms with van der Waals surface area (Å²) in [5.74, 6) is -1.83. The van der Waals surface area contributed by atoms with Crippen LogP contribution in [0.4, 0.5) is 0 Å². The maximum atomic E-state index is 13.5. The molecule has 6 nitrogen and oxygen atoms in total. The first-order valence-corrected chi connectivity index (χ1v) is 16.4. The molecule has 0 radical (unpaired) electrons. The Morgan fingerprint density at radius 2 is 1.20 bits per heavy atom. The molecule has 3 saturated heterocycles. The first-order chi connectivity index (χ1) is 20.1. The number of fused-ring (bicyclic) bond motifs is 1. The zero-order valence-corrected chi connectivity index (χ0v) is 24.6. The lowest BCUT2D eigenvalue weighted by atomic mass is 9.86. The molecule has 8 heteroatoms. The fraction of sp³-hybridized carbons (Fsp3) is 0.424. The van der Waals surface area contributed by atoms with Crippen molar-refractivity contribution >= 4 is 29.5 Å². The molecule has 6 rings (SSSR count). The van der Waals surface area contributed by atoms with Gasteiger partial charge >= 0.3 is 5.97 Å². The van der Waals surface area contributed by atoms with Gasteiger partial charge in [-0.1, -0.05) is 66.7 Å². The van der Waals surface area contributed by atoms with Crippen LogP contribution in [-0.4, -0.2) is 52.5 Å². The predicted molar refractivity (Wildman–Crippen MR) is 160 cm³/mol. The van der Waals surface area contributed by atoms with E-state index in [1.54, 1.807) is 35.7 Å². The van der Waals surface area contributed by atoms with Crippen LogP contribution >= 0.6 is 23.5 Å². The van der Waals surface area contributed by atoms with E-state index in [0.29, 0.717) is 18.4 Å². The summed E-state index contributed by atoms with van der Waals surface area (Å²) in [4.78, 5) is 15.9. The van der Waals surface area contributed by atoms with Crippen molar-refractivity contribution in [1.82, 2.24) is 0 Å². The molecule has 3 fully saturated rings. The summed E-state index contributed by atoms with van der Waals surface area (Å²) < 4.78 is 26.5. The lowest BCUT2D eigenvalue weighted by molar-refractivity contribution is -0.460. The molecule has 216 valence electrons. The number of carbonyl (C=O) groups is 1. The van der Waals surface area contributed by atoms with E-state index in [-0.39, 0.29) is 12.2 Å². The lowest BCUT2D eigenvalue weighted by Crippen LogP contribution is -2.71. The molecule has 3 aromatic carbocycles. The third kappa shape index (κ3) is 6.38. The Bertz CT molecular complexity index is 1280. The van der Waals surface area contributed by atoms with E-state index in [2.05, 4.69) is 24.3 Å². The Labute approximate surface area is 250 Å². The molecule has 3 heterocycles. The summed E-state index contributed by atoms with van der Waals surface area (Å²) in [5, 5.41) is 11.3. The lowest BCUT2D eigenvalue weighted by Gasteiger charge is -2.57. The van der Waals surface area contributed by atoms with Gasteiger partial charge < -0.3 is 24.1 Å². The van der Waals surface area contributed by atoms with Gasteiger partial charge in [-0.2, -0.15) is 0 Å². The van der Waals surface area contributed by atoms with Crippen LogP contribution in [0.5, 0.6) is 0 Å². The van der Waals surface area contributed by atoms with Crippen molar-refractivity contribution in [3.05, 3.63) is 96.6 Å². The molecule has 0 aliphatic carbocycles. The van der Waals surface area contributed by atoms with E-state index in [4.69, 9.17) is 18.9 Å². The smallest absolute Gasteiger partial charge is 0.341 e. The van der Waals surface area contributed by atoms with Crippen molar-refractivity contribution in [3.63, 3.8) is 0 Å². The topological polar surface area (TPSA) is 74.2 Å². The summed E-state index contributed by atoms with van der Waals surface area (Å²) >= 11 is 3.47. The molecule has 0 saturated carbocycles. The second kappa shape index (κ2) is 12.9. The van der Waals surface area contributed by atoms with Crippen molar-refractivity contribution in [2.24, 2.45) is 0 Å². The largest absolute Gasteiger partial charge is 0.425 e. The fourth-order valence-electron chi connectivity index (χ4n) is 5.93. The average Bonchev–Trinajstić information content (AvgIpc) is 3.02. The molecule has 6 atom stereocenters. The highest BCUT2D eigenvalue weighted by Gasteiger charge is 2.67. The molecule has 3 aliphatic rings. The standard InChI is InChI=1S/C33H36O6S2/c34-29(24-12-4-1-5-13-24)30-31(35)39-33(21-11-15-26(37-33)23-41-28-18-8-3-9-19-28)32(38-30)20-10-14-25(36-32)22-40-27-16-6-2-7-17-27/h1-9,12-13,16-19,25-26,29-30,34H,10-11,14-15,20-23H2/t25-,26-,29+,30+,32-,33-/m1/s1. The van der Waals surface area contributed by atoms with Gasteiger partial charge in [-0.3, -0.25) is 0 Å². The molecule has 3 aliphatic heterocycles. The molecule has 0 unspecified atom stereocenters. The Kier molecular flexibility index (Phi) is 9.05. The molecule has 0 aromatic heterocycles. The highest BCUT2D eigenvalue weighted by molar-refractivity contribution is 7.99. The number of hydrogen-bond acceptors (Lipinski definition) is 8. The van der Waals surface area contributed by atoms with Crippen molar-refractivity contribution in [2.45, 2.75) is 84.3 Å². The molecule has 0 amide bonds. The van der Waals surface area contributed by atoms with Gasteiger partial charge in [0.15, 0.2) is 6.10 Å². The van der Waals surface area contributed by atoms with Crippen LogP contribution in [0.1, 0.15) is 50.2 Å². The maximum absolute atomic E-state index is 13.5. The maximum Gasteiger partial charge on any atom is 0.341 e. The zero-order chi connectivity index (χ0) is 28.1. The summed E-state index contributed by atoms with van der Waals surface area (Å²) in [6.07, 6.45) is 1.71. The molecular weight excluding hydrogens is 556 g/mol. The normalized spacial score (nSPS) is 30.7. The highest BCUT2D eigenvalue weighted by atomic mass is 32.2. The number of aliphatic hydroxyl groups excluding tert-OH is 1. The van der Waals surface area contributed by atoms with Crippen LogP contribution < -0.4 is 0 Å². The van der Waals surface area contributed by atoms with Crippen molar-refractivity contribution in [1.29, 1.82) is 0 Å². The number of hydrogen-bond donors (Lipinski definition) is 1. The fourth-order valence-corrected chi connectivity index (χ4v) is 7.85. The van der Waals surface area contributed by atoms with Gasteiger partial charge in [-0.05, 0) is 55.5 Å². The molecule has 0 bridgehead atoms. The van der Waals surface area contributed by atoms with Crippen LogP contribution in [0, 0.1) is 0 Å². The third-order valence-electron chi connectivity index (χ3n) is 7.96. The minimum atomic E-state index is -1.37. The van der Waals surface area contributed by atoms with Crippen molar-refractivity contribution in [2.75, 3.05) is 11.5 Å². The molecule has 2 spiro atoms.